The Labute approximate surface area is 200 Å². The van der Waals surface area contributed by atoms with Crippen molar-refractivity contribution >= 4 is 50.7 Å². The fourth-order valence-corrected chi connectivity index (χ4v) is 5.86. The highest BCUT2D eigenvalue weighted by atomic mass is 32.2. The van der Waals surface area contributed by atoms with Crippen molar-refractivity contribution in [2.45, 2.75) is 6.54 Å². The lowest BCUT2D eigenvalue weighted by atomic mass is 10.1. The maximum atomic E-state index is 6.28. The Hall–Kier alpha value is -3.14. The topological polar surface area (TPSA) is 83.3 Å². The molecule has 6 heterocycles. The van der Waals surface area contributed by atoms with Crippen LogP contribution in [0.15, 0.2) is 47.1 Å². The maximum absolute atomic E-state index is 6.28. The fraction of sp³-hybridized carbons (Fsp3) is 0.320. The van der Waals surface area contributed by atoms with E-state index in [-0.39, 0.29) is 0 Å². The number of hydrogen-bond acceptors (Lipinski definition) is 8. The Kier molecular flexibility index (Phi) is 4.92. The van der Waals surface area contributed by atoms with E-state index in [1.54, 1.807) is 0 Å². The van der Waals surface area contributed by atoms with Crippen LogP contribution in [0.25, 0.3) is 44.5 Å². The molecule has 0 amide bonds. The Morgan fingerprint density at radius 2 is 2.00 bits per heavy atom. The second-order valence-corrected chi connectivity index (χ2v) is 9.86. The summed E-state index contributed by atoms with van der Waals surface area (Å²) in [5.41, 5.74) is 5.37. The molecule has 0 radical (unpaired) electrons. The third-order valence-electron chi connectivity index (χ3n) is 6.59. The lowest BCUT2D eigenvalue weighted by Crippen LogP contribution is -2.37. The molecule has 0 saturated carbocycles. The Bertz CT molecular complexity index is 1500. The number of anilines is 1. The zero-order valence-corrected chi connectivity index (χ0v) is 19.5. The van der Waals surface area contributed by atoms with Crippen molar-refractivity contribution in [1.82, 2.24) is 24.8 Å². The normalized spacial score (nSPS) is 17.5. The van der Waals surface area contributed by atoms with Crippen LogP contribution < -0.4 is 4.90 Å². The van der Waals surface area contributed by atoms with Crippen LogP contribution in [0.3, 0.4) is 0 Å². The summed E-state index contributed by atoms with van der Waals surface area (Å²) in [5, 5.41) is 2.05. The number of fused-ring (bicyclic) bond motifs is 4. The lowest BCUT2D eigenvalue weighted by molar-refractivity contribution is 0.122. The van der Waals surface area contributed by atoms with E-state index < -0.39 is 0 Å². The molecule has 2 aliphatic rings. The molecule has 9 heteroatoms. The van der Waals surface area contributed by atoms with E-state index in [2.05, 4.69) is 44.0 Å². The molecule has 5 aromatic rings. The molecule has 0 atom stereocenters. The quantitative estimate of drug-likeness (QED) is 0.415. The molecular weight excluding hydrogens is 448 g/mol. The van der Waals surface area contributed by atoms with Crippen molar-refractivity contribution < 1.29 is 9.15 Å². The number of thioether (sulfide) groups is 1. The van der Waals surface area contributed by atoms with Gasteiger partial charge in [0.1, 0.15) is 5.52 Å². The van der Waals surface area contributed by atoms with E-state index in [1.165, 1.54) is 11.3 Å². The van der Waals surface area contributed by atoms with Gasteiger partial charge in [-0.3, -0.25) is 4.90 Å². The SMILES string of the molecule is c1cc(-c2nc(N3CCOCC3)c3oc4ncc(CN5CCSC5)cc4c3n2)c2cc[nH]c2c1. The van der Waals surface area contributed by atoms with Gasteiger partial charge in [0, 0.05) is 66.7 Å². The number of nitrogens with one attached hydrogen (secondary N) is 1. The van der Waals surface area contributed by atoms with Crippen LogP contribution in [0.2, 0.25) is 0 Å². The molecule has 0 unspecified atom stereocenters. The first-order valence-electron chi connectivity index (χ1n) is 11.6. The molecular formula is C25H24N6O2S. The van der Waals surface area contributed by atoms with E-state index in [0.717, 1.165) is 65.2 Å². The second kappa shape index (κ2) is 8.26. The molecule has 8 nitrogen and oxygen atoms in total. The molecule has 7 rings (SSSR count). The van der Waals surface area contributed by atoms with Crippen LogP contribution in [0.4, 0.5) is 5.82 Å². The van der Waals surface area contributed by atoms with Gasteiger partial charge < -0.3 is 19.0 Å². The summed E-state index contributed by atoms with van der Waals surface area (Å²) in [7, 11) is 0. The summed E-state index contributed by atoms with van der Waals surface area (Å²) in [6.45, 7) is 4.88. The smallest absolute Gasteiger partial charge is 0.229 e. The number of furan rings is 1. The number of pyridine rings is 1. The monoisotopic (exact) mass is 472 g/mol. The molecule has 4 aromatic heterocycles. The van der Waals surface area contributed by atoms with Gasteiger partial charge in [-0.25, -0.2) is 15.0 Å². The van der Waals surface area contributed by atoms with Crippen molar-refractivity contribution in [1.29, 1.82) is 0 Å². The van der Waals surface area contributed by atoms with E-state index in [1.807, 2.05) is 30.2 Å². The summed E-state index contributed by atoms with van der Waals surface area (Å²) in [6, 6.07) is 10.5. The lowest BCUT2D eigenvalue weighted by Gasteiger charge is -2.27. The third kappa shape index (κ3) is 3.43. The second-order valence-electron chi connectivity index (χ2n) is 8.78. The standard InChI is InChI=1S/C25H24N6O2S/c1-2-18(17-4-5-26-20(17)3-1)23-28-21-19-12-16(14-30-8-11-34-15-30)13-27-25(19)33-22(21)24(29-23)31-6-9-32-10-7-31/h1-5,12-13,26H,6-11,14-15H2. The van der Waals surface area contributed by atoms with Gasteiger partial charge in [-0.15, -0.1) is 11.8 Å². The van der Waals surface area contributed by atoms with Crippen LogP contribution >= 0.6 is 11.8 Å². The largest absolute Gasteiger partial charge is 0.432 e. The average molecular weight is 473 g/mol. The number of hydrogen-bond donors (Lipinski definition) is 1. The van der Waals surface area contributed by atoms with Gasteiger partial charge in [0.15, 0.2) is 17.2 Å². The van der Waals surface area contributed by atoms with E-state index in [9.17, 15) is 0 Å². The van der Waals surface area contributed by atoms with Gasteiger partial charge in [-0.1, -0.05) is 12.1 Å². The van der Waals surface area contributed by atoms with Crippen molar-refractivity contribution in [3.63, 3.8) is 0 Å². The zero-order valence-electron chi connectivity index (χ0n) is 18.7. The number of aromatic amines is 1. The van der Waals surface area contributed by atoms with Crippen LogP contribution in [0.5, 0.6) is 0 Å². The molecule has 2 aliphatic heterocycles. The molecule has 0 spiro atoms. The molecule has 2 fully saturated rings. The third-order valence-corrected chi connectivity index (χ3v) is 7.61. The number of rotatable bonds is 4. The van der Waals surface area contributed by atoms with Crippen molar-refractivity contribution in [2.75, 3.05) is 49.4 Å². The van der Waals surface area contributed by atoms with E-state index >= 15 is 0 Å². The predicted octanol–water partition coefficient (Wildman–Crippen LogP) is 4.26. The number of H-pyrrole nitrogens is 1. The summed E-state index contributed by atoms with van der Waals surface area (Å²) in [5.74, 6) is 3.77. The van der Waals surface area contributed by atoms with Crippen molar-refractivity contribution in [3.05, 3.63) is 48.3 Å². The number of aromatic nitrogens is 4. The van der Waals surface area contributed by atoms with Crippen LogP contribution in [-0.4, -0.2) is 69.3 Å². The number of morpholine rings is 1. The molecule has 172 valence electrons. The summed E-state index contributed by atoms with van der Waals surface area (Å²) < 4.78 is 11.9. The first-order valence-corrected chi connectivity index (χ1v) is 12.8. The van der Waals surface area contributed by atoms with E-state index in [0.29, 0.717) is 30.3 Å². The highest BCUT2D eigenvalue weighted by molar-refractivity contribution is 7.99. The molecule has 1 N–H and O–H groups in total. The number of benzene rings is 1. The zero-order chi connectivity index (χ0) is 22.5. The summed E-state index contributed by atoms with van der Waals surface area (Å²) in [4.78, 5) is 22.7. The number of ether oxygens (including phenoxy) is 1. The Morgan fingerprint density at radius 1 is 1.06 bits per heavy atom. The minimum absolute atomic E-state index is 0.607. The maximum Gasteiger partial charge on any atom is 0.229 e. The first kappa shape index (κ1) is 20.3. The van der Waals surface area contributed by atoms with E-state index in [4.69, 9.17) is 19.1 Å². The molecule has 2 saturated heterocycles. The highest BCUT2D eigenvalue weighted by Crippen LogP contribution is 2.36. The first-order chi connectivity index (χ1) is 16.8. The van der Waals surface area contributed by atoms with Gasteiger partial charge in [0.05, 0.1) is 18.6 Å². The Morgan fingerprint density at radius 3 is 2.88 bits per heavy atom. The van der Waals surface area contributed by atoms with Crippen LogP contribution in [0.1, 0.15) is 5.56 Å². The minimum atomic E-state index is 0.607. The fourth-order valence-electron chi connectivity index (χ4n) is 4.87. The van der Waals surface area contributed by atoms with Crippen LogP contribution in [0, 0.1) is 0 Å². The average Bonchev–Trinajstić information content (AvgIpc) is 3.64. The molecule has 1 aromatic carbocycles. The van der Waals surface area contributed by atoms with Gasteiger partial charge >= 0.3 is 0 Å². The molecule has 0 aliphatic carbocycles. The molecule has 34 heavy (non-hydrogen) atoms. The van der Waals surface area contributed by atoms with Crippen molar-refractivity contribution in [2.24, 2.45) is 0 Å². The highest BCUT2D eigenvalue weighted by Gasteiger charge is 2.24. The number of nitrogens with zero attached hydrogens (tertiary/aromatic N) is 5. The van der Waals surface area contributed by atoms with Gasteiger partial charge in [-0.05, 0) is 23.8 Å². The van der Waals surface area contributed by atoms with Crippen LogP contribution in [-0.2, 0) is 11.3 Å². The minimum Gasteiger partial charge on any atom is -0.432 e. The Balaban J connectivity index is 1.43. The van der Waals surface area contributed by atoms with Gasteiger partial charge in [-0.2, -0.15) is 0 Å². The van der Waals surface area contributed by atoms with Gasteiger partial charge in [0.25, 0.3) is 0 Å². The van der Waals surface area contributed by atoms with Crippen molar-refractivity contribution in [3.8, 4) is 11.4 Å². The van der Waals surface area contributed by atoms with Gasteiger partial charge in [0.2, 0.25) is 5.71 Å². The molecule has 0 bridgehead atoms. The summed E-state index contributed by atoms with van der Waals surface area (Å²) in [6.07, 6.45) is 3.88. The summed E-state index contributed by atoms with van der Waals surface area (Å²) >= 11 is 1.98. The predicted molar refractivity (Wildman–Crippen MR) is 135 cm³/mol.